The van der Waals surface area contributed by atoms with E-state index in [2.05, 4.69) is 35.9 Å². The lowest BCUT2D eigenvalue weighted by atomic mass is 9.86. The van der Waals surface area contributed by atoms with Crippen molar-refractivity contribution in [2.75, 3.05) is 13.1 Å². The maximum atomic E-state index is 13.5. The van der Waals surface area contributed by atoms with Crippen LogP contribution in [-0.4, -0.2) is 59.6 Å². The number of nitrogens with one attached hydrogen (secondary N) is 3. The lowest BCUT2D eigenvalue weighted by Crippen LogP contribution is -2.59. The number of Topliss-reactive ketones (excluding diaryl/α,β-unsaturated/α-hetero) is 1. The Bertz CT molecular complexity index is 833. The average Bonchev–Trinajstić information content (AvgIpc) is 3.57. The molecular weight excluding hydrogens is 444 g/mol. The number of ketones is 1. The zero-order valence-electron chi connectivity index (χ0n) is 20.2. The van der Waals surface area contributed by atoms with E-state index in [9.17, 15) is 19.2 Å². The fourth-order valence-electron chi connectivity index (χ4n) is 5.15. The molecule has 3 fully saturated rings. The number of nitrogens with zero attached hydrogens (tertiary/aromatic N) is 1. The van der Waals surface area contributed by atoms with Crippen molar-refractivity contribution in [2.24, 2.45) is 28.6 Å². The molecule has 0 aromatic rings. The summed E-state index contributed by atoms with van der Waals surface area (Å²) in [5.74, 6) is -1.46. The Balaban J connectivity index is 1.80. The van der Waals surface area contributed by atoms with Gasteiger partial charge in [0.05, 0.1) is 6.04 Å². The molecule has 3 aliphatic rings. The molecule has 33 heavy (non-hydrogen) atoms. The number of carbonyl (C=O) groups excluding carboxylic acids is 4. The van der Waals surface area contributed by atoms with E-state index in [1.54, 1.807) is 4.90 Å². The number of halogens is 1. The summed E-state index contributed by atoms with van der Waals surface area (Å²) in [7, 11) is 0. The van der Waals surface area contributed by atoms with Crippen LogP contribution >= 0.6 is 11.8 Å². The summed E-state index contributed by atoms with van der Waals surface area (Å²) in [4.78, 5) is 56.2. The fraction of sp³-hybridized carbons (Fsp3) is 0.750. The van der Waals surface area contributed by atoms with Gasteiger partial charge in [-0.3, -0.25) is 19.2 Å². The topological polar surface area (TPSA) is 108 Å². The third-order valence-electron chi connectivity index (χ3n) is 7.51. The molecule has 1 saturated heterocycles. The summed E-state index contributed by atoms with van der Waals surface area (Å²) in [5, 5.41) is 5.34. The molecule has 5 atom stereocenters. The number of fused-ring (bicyclic) bond motifs is 1. The molecule has 0 aromatic heterocycles. The maximum Gasteiger partial charge on any atom is 0.289 e. The van der Waals surface area contributed by atoms with Gasteiger partial charge in [0, 0.05) is 13.1 Å². The number of piperidine rings is 1. The van der Waals surface area contributed by atoms with Gasteiger partial charge in [-0.1, -0.05) is 53.5 Å². The Morgan fingerprint density at radius 2 is 1.85 bits per heavy atom. The summed E-state index contributed by atoms with van der Waals surface area (Å²) in [5.41, 5.74) is -0.516. The Morgan fingerprint density at radius 3 is 2.36 bits per heavy atom. The van der Waals surface area contributed by atoms with Crippen LogP contribution in [0.1, 0.15) is 53.9 Å². The van der Waals surface area contributed by atoms with Gasteiger partial charge in [0.25, 0.3) is 5.91 Å². The summed E-state index contributed by atoms with van der Waals surface area (Å²) in [6.45, 7) is 14.1. The van der Waals surface area contributed by atoms with Gasteiger partial charge in [0.15, 0.2) is 0 Å². The van der Waals surface area contributed by atoms with Gasteiger partial charge in [-0.15, -0.1) is 6.58 Å². The van der Waals surface area contributed by atoms with Crippen LogP contribution in [0.15, 0.2) is 12.7 Å². The molecule has 8 nitrogen and oxygen atoms in total. The molecule has 9 heteroatoms. The predicted molar refractivity (Wildman–Crippen MR) is 126 cm³/mol. The van der Waals surface area contributed by atoms with E-state index >= 15 is 0 Å². The maximum absolute atomic E-state index is 13.5. The molecule has 3 amide bonds. The zero-order chi connectivity index (χ0) is 24.7. The highest BCUT2D eigenvalue weighted by Gasteiger charge is 2.69. The van der Waals surface area contributed by atoms with E-state index in [-0.39, 0.29) is 35.6 Å². The van der Waals surface area contributed by atoms with Crippen LogP contribution in [-0.2, 0) is 19.2 Å². The standard InChI is InChI=1S/C24H37ClN4O4/c1-7-10-26-21(32)18(30)15(11-13-8-9-13)27-20(31)17-16-14(24(16,5)6)12-29(17)22(33)19(28-25)23(2,3)4/h7,13-17,19,28H,1,8-12H2,2-6H3,(H,26,32)(H,27,31)/t14-,15?,16-,17?,19+/m0/s1. The van der Waals surface area contributed by atoms with Crippen molar-refractivity contribution in [1.29, 1.82) is 0 Å². The second kappa shape index (κ2) is 9.37. The molecule has 0 radical (unpaired) electrons. The van der Waals surface area contributed by atoms with Gasteiger partial charge < -0.3 is 15.5 Å². The van der Waals surface area contributed by atoms with Crippen molar-refractivity contribution >= 4 is 35.3 Å². The molecule has 0 aromatic carbocycles. The monoisotopic (exact) mass is 480 g/mol. The van der Waals surface area contributed by atoms with Gasteiger partial charge in [-0.25, -0.2) is 4.84 Å². The highest BCUT2D eigenvalue weighted by atomic mass is 35.5. The van der Waals surface area contributed by atoms with E-state index in [0.29, 0.717) is 18.9 Å². The first-order chi connectivity index (χ1) is 15.3. The molecule has 3 N–H and O–H groups in total. The van der Waals surface area contributed by atoms with Crippen molar-refractivity contribution in [1.82, 2.24) is 20.4 Å². The highest BCUT2D eigenvalue weighted by Crippen LogP contribution is 2.65. The van der Waals surface area contributed by atoms with Gasteiger partial charge in [-0.05, 0) is 46.8 Å². The third-order valence-corrected chi connectivity index (χ3v) is 7.73. The molecule has 2 aliphatic carbocycles. The van der Waals surface area contributed by atoms with Gasteiger partial charge in [-0.2, -0.15) is 0 Å². The summed E-state index contributed by atoms with van der Waals surface area (Å²) < 4.78 is 0. The third kappa shape index (κ3) is 5.27. The lowest BCUT2D eigenvalue weighted by Gasteiger charge is -2.37. The van der Waals surface area contributed by atoms with Crippen molar-refractivity contribution in [3.63, 3.8) is 0 Å². The fourth-order valence-corrected chi connectivity index (χ4v) is 5.57. The van der Waals surface area contributed by atoms with Crippen LogP contribution in [0.2, 0.25) is 0 Å². The summed E-state index contributed by atoms with van der Waals surface area (Å²) in [6, 6.07) is -2.26. The quantitative estimate of drug-likeness (QED) is 0.251. The first kappa shape index (κ1) is 25.7. The van der Waals surface area contributed by atoms with Crippen LogP contribution in [0.4, 0.5) is 0 Å². The molecule has 0 spiro atoms. The number of carbonyl (C=O) groups is 4. The largest absolute Gasteiger partial charge is 0.346 e. The van der Waals surface area contributed by atoms with Gasteiger partial charge in [0.1, 0.15) is 12.1 Å². The summed E-state index contributed by atoms with van der Waals surface area (Å²) in [6.07, 6.45) is 3.88. The number of likely N-dealkylation sites (tertiary alicyclic amines) is 1. The number of hydrogen-bond donors (Lipinski definition) is 3. The molecule has 0 bridgehead atoms. The van der Waals surface area contributed by atoms with Crippen LogP contribution in [0, 0.1) is 28.6 Å². The van der Waals surface area contributed by atoms with Crippen LogP contribution in [0.25, 0.3) is 0 Å². The Labute approximate surface area is 201 Å². The lowest BCUT2D eigenvalue weighted by molar-refractivity contribution is -0.145. The molecule has 184 valence electrons. The van der Waals surface area contributed by atoms with E-state index in [4.69, 9.17) is 11.8 Å². The number of rotatable bonds is 10. The van der Waals surface area contributed by atoms with Crippen LogP contribution in [0.5, 0.6) is 0 Å². The minimum atomic E-state index is -0.905. The van der Waals surface area contributed by atoms with Crippen molar-refractivity contribution in [3.05, 3.63) is 12.7 Å². The smallest absolute Gasteiger partial charge is 0.289 e. The van der Waals surface area contributed by atoms with Gasteiger partial charge in [0.2, 0.25) is 17.6 Å². The van der Waals surface area contributed by atoms with E-state index in [0.717, 1.165) is 12.8 Å². The minimum Gasteiger partial charge on any atom is -0.346 e. The Kier molecular flexibility index (Phi) is 7.30. The van der Waals surface area contributed by atoms with Crippen LogP contribution < -0.4 is 15.5 Å². The van der Waals surface area contributed by atoms with E-state index < -0.39 is 35.2 Å². The molecule has 3 rings (SSSR count). The molecule has 1 heterocycles. The predicted octanol–water partition coefficient (Wildman–Crippen LogP) is 1.78. The Hall–Kier alpha value is -1.93. The molecule has 2 unspecified atom stereocenters. The first-order valence-electron chi connectivity index (χ1n) is 11.7. The normalized spacial score (nSPS) is 27.2. The number of amides is 3. The zero-order valence-corrected chi connectivity index (χ0v) is 21.0. The van der Waals surface area contributed by atoms with Gasteiger partial charge >= 0.3 is 0 Å². The second-order valence-electron chi connectivity index (χ2n) is 11.4. The average molecular weight is 481 g/mol. The van der Waals surface area contributed by atoms with Crippen molar-refractivity contribution < 1.29 is 19.2 Å². The second-order valence-corrected chi connectivity index (χ2v) is 11.6. The minimum absolute atomic E-state index is 0.00339. The van der Waals surface area contributed by atoms with Crippen LogP contribution in [0.3, 0.4) is 0 Å². The van der Waals surface area contributed by atoms with Crippen molar-refractivity contribution in [3.8, 4) is 0 Å². The summed E-state index contributed by atoms with van der Waals surface area (Å²) >= 11 is 5.93. The molecule has 1 aliphatic heterocycles. The molecular formula is C24H37ClN4O4. The Morgan fingerprint density at radius 1 is 1.21 bits per heavy atom. The molecule has 2 saturated carbocycles. The SMILES string of the molecule is C=CCNC(=O)C(=O)C(CC1CC1)NC(=O)C1[C@@H]2[C@H](CN1C(=O)[C@@H](NCl)C(C)(C)C)C2(C)C. The van der Waals surface area contributed by atoms with E-state index in [1.165, 1.54) is 6.08 Å². The first-order valence-corrected chi connectivity index (χ1v) is 12.1. The number of hydrogen-bond acceptors (Lipinski definition) is 5. The highest BCUT2D eigenvalue weighted by molar-refractivity contribution is 6.38. The van der Waals surface area contributed by atoms with Crippen molar-refractivity contribution in [2.45, 2.75) is 72.0 Å². The van der Waals surface area contributed by atoms with E-state index in [1.807, 2.05) is 20.8 Å².